The van der Waals surface area contributed by atoms with Crippen LogP contribution in [0.5, 0.6) is 0 Å². The quantitative estimate of drug-likeness (QED) is 0.900. The van der Waals surface area contributed by atoms with Crippen LogP contribution < -0.4 is 10.6 Å². The number of aryl methyl sites for hydroxylation is 1. The smallest absolute Gasteiger partial charge is 0.280 e. The van der Waals surface area contributed by atoms with Gasteiger partial charge in [0, 0.05) is 12.7 Å². The van der Waals surface area contributed by atoms with Crippen LogP contribution in [-0.2, 0) is 6.42 Å². The fraction of sp³-hybridized carbons (Fsp3) is 0.286. The molecule has 0 unspecified atom stereocenters. The van der Waals surface area contributed by atoms with Gasteiger partial charge in [-0.2, -0.15) is 5.10 Å². The molecule has 2 aromatic rings. The minimum absolute atomic E-state index is 0.167. The van der Waals surface area contributed by atoms with Gasteiger partial charge in [0.15, 0.2) is 5.69 Å². The molecule has 0 fully saturated rings. The van der Waals surface area contributed by atoms with Crippen molar-refractivity contribution in [3.63, 3.8) is 0 Å². The molecule has 0 spiro atoms. The molecule has 0 aliphatic rings. The molecule has 0 bridgehead atoms. The van der Waals surface area contributed by atoms with Crippen LogP contribution in [0.4, 0.5) is 15.8 Å². The summed E-state index contributed by atoms with van der Waals surface area (Å²) in [6, 6.07) is 5.80. The van der Waals surface area contributed by atoms with E-state index in [1.165, 1.54) is 17.0 Å². The zero-order valence-corrected chi connectivity index (χ0v) is 11.5. The predicted octanol–water partition coefficient (Wildman–Crippen LogP) is 2.36. The Kier molecular flexibility index (Phi) is 4.02. The van der Waals surface area contributed by atoms with Gasteiger partial charge in [-0.3, -0.25) is 9.89 Å². The number of carbonyl (C=O) groups is 1. The monoisotopic (exact) mass is 276 g/mol. The third kappa shape index (κ3) is 2.64. The van der Waals surface area contributed by atoms with Crippen LogP contribution in [0.15, 0.2) is 24.3 Å². The maximum Gasteiger partial charge on any atom is 0.280 e. The van der Waals surface area contributed by atoms with E-state index in [1.807, 2.05) is 6.92 Å². The number of aromatic amines is 1. The highest BCUT2D eigenvalue weighted by Gasteiger charge is 2.21. The number of hydrogen-bond acceptors (Lipinski definition) is 3. The fourth-order valence-electron chi connectivity index (χ4n) is 1.95. The Balaban J connectivity index is 2.27. The van der Waals surface area contributed by atoms with Crippen LogP contribution >= 0.6 is 0 Å². The molecule has 0 aliphatic heterocycles. The molecule has 1 heterocycles. The molecule has 0 atom stereocenters. The van der Waals surface area contributed by atoms with Gasteiger partial charge in [-0.05, 0) is 24.6 Å². The maximum atomic E-state index is 13.2. The van der Waals surface area contributed by atoms with Crippen LogP contribution in [-0.4, -0.2) is 23.2 Å². The van der Waals surface area contributed by atoms with E-state index in [9.17, 15) is 9.18 Å². The lowest BCUT2D eigenvalue weighted by Crippen LogP contribution is -2.27. The minimum Gasteiger partial charge on any atom is -0.395 e. The molecule has 0 saturated heterocycles. The zero-order chi connectivity index (χ0) is 14.7. The van der Waals surface area contributed by atoms with Gasteiger partial charge in [0.2, 0.25) is 0 Å². The number of nitrogen functional groups attached to an aromatic ring is 1. The average molecular weight is 276 g/mol. The maximum absolute atomic E-state index is 13.2. The first kappa shape index (κ1) is 14.0. The van der Waals surface area contributed by atoms with Crippen molar-refractivity contribution in [3.05, 3.63) is 41.5 Å². The van der Waals surface area contributed by atoms with E-state index in [4.69, 9.17) is 5.73 Å². The van der Waals surface area contributed by atoms with Crippen LogP contribution in [0.3, 0.4) is 0 Å². The number of nitrogens with two attached hydrogens (primary N) is 1. The van der Waals surface area contributed by atoms with E-state index < -0.39 is 5.82 Å². The number of benzene rings is 1. The van der Waals surface area contributed by atoms with Crippen molar-refractivity contribution in [1.82, 2.24) is 10.2 Å². The third-order valence-corrected chi connectivity index (χ3v) is 3.09. The van der Waals surface area contributed by atoms with Gasteiger partial charge in [0.1, 0.15) is 5.82 Å². The van der Waals surface area contributed by atoms with Gasteiger partial charge in [-0.15, -0.1) is 0 Å². The lowest BCUT2D eigenvalue weighted by Gasteiger charge is -2.16. The Morgan fingerprint density at radius 1 is 1.50 bits per heavy atom. The third-order valence-electron chi connectivity index (χ3n) is 3.09. The highest BCUT2D eigenvalue weighted by atomic mass is 19.1. The molecule has 0 radical (unpaired) electrons. The first-order chi connectivity index (χ1) is 9.54. The minimum atomic E-state index is -0.399. The van der Waals surface area contributed by atoms with Crippen molar-refractivity contribution in [2.45, 2.75) is 19.8 Å². The molecular formula is C14H17FN4O. The number of rotatable bonds is 4. The van der Waals surface area contributed by atoms with Crippen molar-refractivity contribution in [1.29, 1.82) is 0 Å². The molecule has 0 saturated carbocycles. The van der Waals surface area contributed by atoms with Crippen LogP contribution in [0.1, 0.15) is 29.5 Å². The molecule has 106 valence electrons. The number of anilines is 2. The largest absolute Gasteiger partial charge is 0.395 e. The van der Waals surface area contributed by atoms with Gasteiger partial charge in [0.05, 0.1) is 11.4 Å². The molecule has 5 nitrogen and oxygen atoms in total. The molecule has 1 aromatic heterocycles. The van der Waals surface area contributed by atoms with Crippen LogP contribution in [0, 0.1) is 5.82 Å². The van der Waals surface area contributed by atoms with Crippen molar-refractivity contribution >= 4 is 17.3 Å². The predicted molar refractivity (Wildman–Crippen MR) is 76.1 cm³/mol. The van der Waals surface area contributed by atoms with Crippen LogP contribution in [0.25, 0.3) is 0 Å². The summed E-state index contributed by atoms with van der Waals surface area (Å²) in [5, 5.41) is 6.75. The number of aromatic nitrogens is 2. The van der Waals surface area contributed by atoms with Gasteiger partial charge < -0.3 is 10.6 Å². The van der Waals surface area contributed by atoms with Gasteiger partial charge >= 0.3 is 0 Å². The summed E-state index contributed by atoms with van der Waals surface area (Å²) in [7, 11) is 1.56. The second-order valence-electron chi connectivity index (χ2n) is 4.56. The Labute approximate surface area is 116 Å². The SMILES string of the molecule is CCCc1[nH]nc(C(=O)N(C)c2cccc(F)c2)c1N. The number of nitrogens with zero attached hydrogens (tertiary/aromatic N) is 2. The lowest BCUT2D eigenvalue weighted by molar-refractivity contribution is 0.0989. The number of carbonyl (C=O) groups excluding carboxylic acids is 1. The molecule has 20 heavy (non-hydrogen) atoms. The number of nitrogens with one attached hydrogen (secondary N) is 1. The molecule has 1 amide bonds. The first-order valence-corrected chi connectivity index (χ1v) is 6.41. The van der Waals surface area contributed by atoms with E-state index in [0.29, 0.717) is 11.4 Å². The van der Waals surface area contributed by atoms with Gasteiger partial charge in [-0.25, -0.2) is 4.39 Å². The van der Waals surface area contributed by atoms with E-state index >= 15 is 0 Å². The Bertz CT molecular complexity index is 623. The first-order valence-electron chi connectivity index (χ1n) is 6.41. The standard InChI is InChI=1S/C14H17FN4O/c1-3-5-11-12(16)13(18-17-11)14(20)19(2)10-7-4-6-9(15)8-10/h4,6-8H,3,5,16H2,1-2H3,(H,17,18). The summed E-state index contributed by atoms with van der Waals surface area (Å²) < 4.78 is 13.2. The van der Waals surface area contributed by atoms with E-state index in [-0.39, 0.29) is 11.6 Å². The molecule has 6 heteroatoms. The highest BCUT2D eigenvalue weighted by Crippen LogP contribution is 2.21. The second-order valence-corrected chi connectivity index (χ2v) is 4.56. The zero-order valence-electron chi connectivity index (χ0n) is 11.5. The summed E-state index contributed by atoms with van der Waals surface area (Å²) >= 11 is 0. The van der Waals surface area contributed by atoms with Crippen molar-refractivity contribution in [2.24, 2.45) is 0 Å². The van der Waals surface area contributed by atoms with Crippen molar-refractivity contribution in [3.8, 4) is 0 Å². The highest BCUT2D eigenvalue weighted by molar-refractivity contribution is 6.07. The lowest BCUT2D eigenvalue weighted by atomic mass is 10.2. The Morgan fingerprint density at radius 3 is 2.90 bits per heavy atom. The van der Waals surface area contributed by atoms with E-state index in [0.717, 1.165) is 18.5 Å². The molecular weight excluding hydrogens is 259 g/mol. The normalized spacial score (nSPS) is 10.6. The molecule has 0 aliphatic carbocycles. The second kappa shape index (κ2) is 5.73. The molecule has 1 aromatic carbocycles. The number of halogens is 1. The van der Waals surface area contributed by atoms with E-state index in [2.05, 4.69) is 10.2 Å². The fourth-order valence-corrected chi connectivity index (χ4v) is 1.95. The number of amides is 1. The van der Waals surface area contributed by atoms with Gasteiger partial charge in [-0.1, -0.05) is 19.4 Å². The Morgan fingerprint density at radius 2 is 2.25 bits per heavy atom. The summed E-state index contributed by atoms with van der Waals surface area (Å²) in [5.41, 5.74) is 7.66. The summed E-state index contributed by atoms with van der Waals surface area (Å²) in [4.78, 5) is 13.7. The summed E-state index contributed by atoms with van der Waals surface area (Å²) in [5.74, 6) is -0.768. The van der Waals surface area contributed by atoms with Crippen molar-refractivity contribution in [2.75, 3.05) is 17.7 Å². The van der Waals surface area contributed by atoms with E-state index in [1.54, 1.807) is 19.2 Å². The summed E-state index contributed by atoms with van der Waals surface area (Å²) in [6.45, 7) is 2.01. The molecule has 3 N–H and O–H groups in total. The number of H-pyrrole nitrogens is 1. The van der Waals surface area contributed by atoms with Crippen LogP contribution in [0.2, 0.25) is 0 Å². The topological polar surface area (TPSA) is 75.0 Å². The Hall–Kier alpha value is -2.37. The molecule has 2 rings (SSSR count). The van der Waals surface area contributed by atoms with Crippen molar-refractivity contribution < 1.29 is 9.18 Å². The van der Waals surface area contributed by atoms with Gasteiger partial charge in [0.25, 0.3) is 5.91 Å². The number of hydrogen-bond donors (Lipinski definition) is 2. The average Bonchev–Trinajstić information content (AvgIpc) is 2.79. The summed E-state index contributed by atoms with van der Waals surface area (Å²) in [6.07, 6.45) is 1.63.